The van der Waals surface area contributed by atoms with Crippen LogP contribution in [0.25, 0.3) is 0 Å². The summed E-state index contributed by atoms with van der Waals surface area (Å²) in [6.45, 7) is 1.69. The average Bonchev–Trinajstić information content (AvgIpc) is 2.87. The minimum absolute atomic E-state index is 0.0299. The van der Waals surface area contributed by atoms with E-state index in [0.29, 0.717) is 23.5 Å². The number of nitrogens with one attached hydrogen (secondary N) is 2. The molecule has 2 N–H and O–H groups in total. The lowest BCUT2D eigenvalue weighted by molar-refractivity contribution is -0.116. The first-order chi connectivity index (χ1) is 13.8. The van der Waals surface area contributed by atoms with Gasteiger partial charge in [-0.05, 0) is 42.3 Å². The second kappa shape index (κ2) is 8.98. The number of sulfonamides is 1. The van der Waals surface area contributed by atoms with Gasteiger partial charge in [0.1, 0.15) is 0 Å². The molecule has 2 aromatic carbocycles. The molecule has 0 saturated heterocycles. The van der Waals surface area contributed by atoms with Gasteiger partial charge in [0.05, 0.1) is 17.1 Å². The van der Waals surface area contributed by atoms with E-state index in [-0.39, 0.29) is 17.3 Å². The largest absolute Gasteiger partial charge is 0.325 e. The van der Waals surface area contributed by atoms with Gasteiger partial charge in [-0.3, -0.25) is 9.59 Å². The summed E-state index contributed by atoms with van der Waals surface area (Å²) in [5.74, 6) is 0.0697. The van der Waals surface area contributed by atoms with Crippen molar-refractivity contribution in [2.75, 3.05) is 30.0 Å². The maximum Gasteiger partial charge on any atom is 0.243 e. The van der Waals surface area contributed by atoms with Gasteiger partial charge in [-0.1, -0.05) is 19.1 Å². The second-order valence-corrected chi connectivity index (χ2v) is 9.85. The van der Waals surface area contributed by atoms with Gasteiger partial charge in [-0.25, -0.2) is 8.42 Å². The third kappa shape index (κ3) is 5.17. The molecule has 3 rings (SSSR count). The minimum atomic E-state index is -3.89. The molecule has 0 bridgehead atoms. The van der Waals surface area contributed by atoms with Crippen molar-refractivity contribution in [2.24, 2.45) is 0 Å². The van der Waals surface area contributed by atoms with Crippen LogP contribution in [0.3, 0.4) is 0 Å². The van der Waals surface area contributed by atoms with Crippen LogP contribution in [0.15, 0.2) is 52.3 Å². The average molecular weight is 434 g/mol. The first kappa shape index (κ1) is 21.4. The lowest BCUT2D eigenvalue weighted by atomic mass is 10.1. The number of carbonyl (C=O) groups excluding carboxylic acids is 2. The molecule has 0 atom stereocenters. The van der Waals surface area contributed by atoms with Crippen LogP contribution >= 0.6 is 11.8 Å². The molecule has 0 saturated carbocycles. The molecule has 7 nitrogen and oxygen atoms in total. The molecule has 9 heteroatoms. The van der Waals surface area contributed by atoms with Crippen molar-refractivity contribution in [3.8, 4) is 0 Å². The van der Waals surface area contributed by atoms with E-state index in [1.807, 2.05) is 25.1 Å². The topological polar surface area (TPSA) is 95.6 Å². The fourth-order valence-corrected chi connectivity index (χ4v) is 4.99. The van der Waals surface area contributed by atoms with Crippen LogP contribution < -0.4 is 10.6 Å². The fourth-order valence-electron chi connectivity index (χ4n) is 2.90. The monoisotopic (exact) mass is 433 g/mol. The number of nitrogens with zero attached hydrogens (tertiary/aromatic N) is 1. The third-order valence-electron chi connectivity index (χ3n) is 4.51. The van der Waals surface area contributed by atoms with Crippen molar-refractivity contribution in [3.63, 3.8) is 0 Å². The Morgan fingerprint density at radius 3 is 2.79 bits per heavy atom. The van der Waals surface area contributed by atoms with Crippen LogP contribution in [0, 0.1) is 0 Å². The summed E-state index contributed by atoms with van der Waals surface area (Å²) in [5, 5.41) is 5.47. The zero-order chi connectivity index (χ0) is 21.0. The number of benzene rings is 2. The van der Waals surface area contributed by atoms with Gasteiger partial charge in [-0.2, -0.15) is 4.31 Å². The number of fused-ring (bicyclic) bond motifs is 1. The maximum absolute atomic E-state index is 12.9. The quantitative estimate of drug-likeness (QED) is 0.730. The van der Waals surface area contributed by atoms with Crippen LogP contribution in [0.4, 0.5) is 11.4 Å². The summed E-state index contributed by atoms with van der Waals surface area (Å²) < 4.78 is 26.8. The highest BCUT2D eigenvalue weighted by atomic mass is 32.2. The van der Waals surface area contributed by atoms with Crippen molar-refractivity contribution in [3.05, 3.63) is 48.0 Å². The van der Waals surface area contributed by atoms with Gasteiger partial charge in [0, 0.05) is 29.8 Å². The van der Waals surface area contributed by atoms with Gasteiger partial charge in [-0.15, -0.1) is 11.8 Å². The van der Waals surface area contributed by atoms with E-state index in [4.69, 9.17) is 0 Å². The molecule has 1 heterocycles. The summed E-state index contributed by atoms with van der Waals surface area (Å²) in [6.07, 6.45) is 1.21. The molecule has 154 valence electrons. The lowest BCUT2D eigenvalue weighted by Crippen LogP contribution is -2.35. The van der Waals surface area contributed by atoms with E-state index in [1.165, 1.54) is 30.9 Å². The Bertz CT molecular complexity index is 1040. The van der Waals surface area contributed by atoms with E-state index in [1.54, 1.807) is 12.1 Å². The second-order valence-electron chi connectivity index (χ2n) is 6.67. The molecular weight excluding hydrogens is 410 g/mol. The summed E-state index contributed by atoms with van der Waals surface area (Å²) in [4.78, 5) is 25.0. The van der Waals surface area contributed by atoms with Gasteiger partial charge < -0.3 is 10.6 Å². The molecule has 2 aromatic rings. The van der Waals surface area contributed by atoms with E-state index >= 15 is 0 Å². The van der Waals surface area contributed by atoms with Crippen molar-refractivity contribution >= 4 is 45.0 Å². The number of thioether (sulfide) groups is 1. The highest BCUT2D eigenvalue weighted by Gasteiger charge is 2.25. The van der Waals surface area contributed by atoms with E-state index in [9.17, 15) is 18.0 Å². The Hall–Kier alpha value is -2.36. The number of anilines is 2. The highest BCUT2D eigenvalue weighted by molar-refractivity contribution is 7.99. The number of hydrogen-bond acceptors (Lipinski definition) is 5. The molecule has 2 amide bonds. The normalized spacial score (nSPS) is 14.1. The fraction of sp³-hybridized carbons (Fsp3) is 0.300. The third-order valence-corrected chi connectivity index (χ3v) is 7.38. The molecule has 0 fully saturated rings. The Balaban J connectivity index is 1.73. The molecule has 0 spiro atoms. The summed E-state index contributed by atoms with van der Waals surface area (Å²) >= 11 is 1.50. The van der Waals surface area contributed by atoms with Crippen LogP contribution in [0.2, 0.25) is 0 Å². The van der Waals surface area contributed by atoms with Crippen molar-refractivity contribution in [1.82, 2.24) is 4.31 Å². The Morgan fingerprint density at radius 1 is 1.24 bits per heavy atom. The van der Waals surface area contributed by atoms with Crippen molar-refractivity contribution < 1.29 is 18.0 Å². The SMILES string of the molecule is CCc1cccc(NC(=O)CN(C)S(=O)(=O)c2ccc3c(c2)NC(=O)CCS3)c1. The summed E-state index contributed by atoms with van der Waals surface area (Å²) in [5.41, 5.74) is 2.19. The Kier molecular flexibility index (Phi) is 6.61. The molecule has 0 aromatic heterocycles. The van der Waals surface area contributed by atoms with Gasteiger partial charge >= 0.3 is 0 Å². The minimum Gasteiger partial charge on any atom is -0.325 e. The zero-order valence-electron chi connectivity index (χ0n) is 16.3. The predicted molar refractivity (Wildman–Crippen MR) is 115 cm³/mol. The number of hydrogen-bond donors (Lipinski definition) is 2. The van der Waals surface area contributed by atoms with Gasteiger partial charge in [0.25, 0.3) is 0 Å². The predicted octanol–water partition coefficient (Wildman–Crippen LogP) is 2.94. The summed E-state index contributed by atoms with van der Waals surface area (Å²) in [6, 6.07) is 12.1. The molecule has 0 aliphatic carbocycles. The molecule has 29 heavy (non-hydrogen) atoms. The summed E-state index contributed by atoms with van der Waals surface area (Å²) in [7, 11) is -2.53. The number of rotatable bonds is 6. The number of likely N-dealkylation sites (N-methyl/N-ethyl adjacent to an activating group) is 1. The van der Waals surface area contributed by atoms with Crippen LogP contribution in [-0.4, -0.2) is 43.9 Å². The van der Waals surface area contributed by atoms with E-state index < -0.39 is 15.9 Å². The Labute approximate surface area is 174 Å². The van der Waals surface area contributed by atoms with E-state index in [2.05, 4.69) is 10.6 Å². The first-order valence-corrected chi connectivity index (χ1v) is 11.6. The zero-order valence-corrected chi connectivity index (χ0v) is 17.9. The molecule has 0 unspecified atom stereocenters. The number of amides is 2. The van der Waals surface area contributed by atoms with Crippen LogP contribution in [0.5, 0.6) is 0 Å². The molecular formula is C20H23N3O4S2. The van der Waals surface area contributed by atoms with Crippen molar-refractivity contribution in [1.29, 1.82) is 0 Å². The lowest BCUT2D eigenvalue weighted by Gasteiger charge is -2.18. The smallest absolute Gasteiger partial charge is 0.243 e. The molecule has 1 aliphatic rings. The standard InChI is InChI=1S/C20H23N3O4S2/c1-3-14-5-4-6-15(11-14)21-20(25)13-23(2)29(26,27)16-7-8-18-17(12-16)22-19(24)9-10-28-18/h4-8,11-12H,3,9-10,13H2,1-2H3,(H,21,25)(H,22,24). The number of carbonyl (C=O) groups is 2. The first-order valence-electron chi connectivity index (χ1n) is 9.21. The highest BCUT2D eigenvalue weighted by Crippen LogP contribution is 2.33. The van der Waals surface area contributed by atoms with Crippen LogP contribution in [-0.2, 0) is 26.0 Å². The number of aryl methyl sites for hydroxylation is 1. The van der Waals surface area contributed by atoms with Crippen molar-refractivity contribution in [2.45, 2.75) is 29.6 Å². The van der Waals surface area contributed by atoms with Gasteiger partial charge in [0.15, 0.2) is 0 Å². The molecule has 1 aliphatic heterocycles. The van der Waals surface area contributed by atoms with E-state index in [0.717, 1.165) is 21.2 Å². The maximum atomic E-state index is 12.9. The molecule has 0 radical (unpaired) electrons. The Morgan fingerprint density at radius 2 is 2.03 bits per heavy atom. The van der Waals surface area contributed by atoms with Crippen LogP contribution in [0.1, 0.15) is 18.9 Å². The van der Waals surface area contributed by atoms with Gasteiger partial charge in [0.2, 0.25) is 21.8 Å².